The molecule has 11 heteroatoms. The number of aromatic nitrogens is 3. The van der Waals surface area contributed by atoms with E-state index in [1.54, 1.807) is 48.9 Å². The molecule has 248 valence electrons. The smallest absolute Gasteiger partial charge is 0.338 e. The van der Waals surface area contributed by atoms with Crippen LogP contribution < -0.4 is 19.6 Å². The molecule has 0 radical (unpaired) electrons. The van der Waals surface area contributed by atoms with Crippen LogP contribution in [0.5, 0.6) is 5.75 Å². The summed E-state index contributed by atoms with van der Waals surface area (Å²) < 4.78 is 19.8. The fourth-order valence-electron chi connectivity index (χ4n) is 5.71. The van der Waals surface area contributed by atoms with Crippen LogP contribution in [0.3, 0.4) is 0 Å². The van der Waals surface area contributed by atoms with E-state index in [0.717, 1.165) is 22.6 Å². The van der Waals surface area contributed by atoms with Gasteiger partial charge in [-0.25, -0.2) is 19.3 Å². The topological polar surface area (TPSA) is 114 Å². The number of carbonyl (C=O) groups excluding carboxylic acids is 2. The number of thiazole rings is 1. The number of hydrogen-bond acceptors (Lipinski definition) is 9. The molecule has 0 saturated heterocycles. The summed E-state index contributed by atoms with van der Waals surface area (Å²) in [6.45, 7) is 9.69. The second kappa shape index (κ2) is 14.1. The van der Waals surface area contributed by atoms with Crippen molar-refractivity contribution in [3.05, 3.63) is 145 Å². The Morgan fingerprint density at radius 2 is 1.78 bits per heavy atom. The first-order valence-corrected chi connectivity index (χ1v) is 16.4. The van der Waals surface area contributed by atoms with Crippen LogP contribution in [-0.2, 0) is 14.3 Å². The standard InChI is InChI=1S/C38H34N4O6S/c1-6-19-48-30-18-17-27(20-23(30)3)33-28(22-41(40-33)29-11-9-8-10-12-29)21-31-35(43)42-34(25-13-15-26(16-14-25)36(44)46-5)32(37(45)47-7-2)24(4)39-38(42)49-31/h6,8-18,20-22,34H,1,7,19H2,2-5H3/b31-21-/t34-/m0/s1. The Kier molecular flexibility index (Phi) is 9.54. The van der Waals surface area contributed by atoms with E-state index in [2.05, 4.69) is 6.58 Å². The Hall–Kier alpha value is -5.81. The predicted molar refractivity (Wildman–Crippen MR) is 188 cm³/mol. The Morgan fingerprint density at radius 3 is 2.45 bits per heavy atom. The monoisotopic (exact) mass is 674 g/mol. The Bertz CT molecular complexity index is 2280. The largest absolute Gasteiger partial charge is 0.489 e. The van der Waals surface area contributed by atoms with E-state index in [1.807, 2.05) is 67.7 Å². The van der Waals surface area contributed by atoms with Gasteiger partial charge in [-0.3, -0.25) is 9.36 Å². The minimum absolute atomic E-state index is 0.156. The van der Waals surface area contributed by atoms with Crippen LogP contribution in [0, 0.1) is 6.92 Å². The molecule has 49 heavy (non-hydrogen) atoms. The molecule has 0 amide bonds. The molecule has 6 rings (SSSR count). The Balaban J connectivity index is 1.53. The van der Waals surface area contributed by atoms with Gasteiger partial charge in [-0.2, -0.15) is 5.10 Å². The average molecular weight is 675 g/mol. The fourth-order valence-corrected chi connectivity index (χ4v) is 6.74. The van der Waals surface area contributed by atoms with Crippen molar-refractivity contribution in [1.82, 2.24) is 14.3 Å². The number of nitrogens with zero attached hydrogens (tertiary/aromatic N) is 4. The van der Waals surface area contributed by atoms with E-state index in [9.17, 15) is 14.4 Å². The SMILES string of the molecule is C=CCOc1ccc(-c2nn(-c3ccccc3)cc2/C=c2\sc3n(c2=O)[C@@H](c2ccc(C(=O)OC)cc2)C(C(=O)OCC)=C(C)N=3)cc1C. The van der Waals surface area contributed by atoms with Crippen molar-refractivity contribution in [1.29, 1.82) is 0 Å². The number of allylic oxidation sites excluding steroid dienone is 1. The van der Waals surface area contributed by atoms with Gasteiger partial charge in [0.25, 0.3) is 5.56 Å². The summed E-state index contributed by atoms with van der Waals surface area (Å²) in [5.41, 5.74) is 5.35. The third kappa shape index (κ3) is 6.53. The van der Waals surface area contributed by atoms with Gasteiger partial charge in [-0.1, -0.05) is 54.3 Å². The molecule has 0 saturated carbocycles. The molecule has 0 bridgehead atoms. The van der Waals surface area contributed by atoms with E-state index in [4.69, 9.17) is 24.3 Å². The van der Waals surface area contributed by atoms with Crippen LogP contribution >= 0.6 is 11.3 Å². The van der Waals surface area contributed by atoms with E-state index < -0.39 is 18.0 Å². The van der Waals surface area contributed by atoms with Crippen molar-refractivity contribution in [2.75, 3.05) is 20.3 Å². The maximum Gasteiger partial charge on any atom is 0.338 e. The number of para-hydroxylation sites is 1. The van der Waals surface area contributed by atoms with Crippen LogP contribution in [0.15, 0.2) is 113 Å². The molecular weight excluding hydrogens is 641 g/mol. The number of rotatable bonds is 10. The van der Waals surface area contributed by atoms with Gasteiger partial charge in [0.1, 0.15) is 18.1 Å². The molecule has 10 nitrogen and oxygen atoms in total. The summed E-state index contributed by atoms with van der Waals surface area (Å²) in [6, 6.07) is 21.4. The van der Waals surface area contributed by atoms with Gasteiger partial charge in [0.2, 0.25) is 0 Å². The average Bonchev–Trinajstić information content (AvgIpc) is 3.67. The maximum absolute atomic E-state index is 14.4. The van der Waals surface area contributed by atoms with Gasteiger partial charge in [-0.15, -0.1) is 0 Å². The lowest BCUT2D eigenvalue weighted by atomic mass is 9.95. The zero-order valence-corrected chi connectivity index (χ0v) is 28.3. The van der Waals surface area contributed by atoms with Gasteiger partial charge in [0, 0.05) is 17.3 Å². The van der Waals surface area contributed by atoms with E-state index >= 15 is 0 Å². The lowest BCUT2D eigenvalue weighted by Crippen LogP contribution is -2.40. The molecule has 3 heterocycles. The molecule has 0 unspecified atom stereocenters. The number of ether oxygens (including phenoxy) is 3. The minimum Gasteiger partial charge on any atom is -0.489 e. The molecule has 1 aliphatic rings. The van der Waals surface area contributed by atoms with Crippen molar-refractivity contribution in [3.63, 3.8) is 0 Å². The first-order chi connectivity index (χ1) is 23.7. The third-order valence-electron chi connectivity index (χ3n) is 8.02. The van der Waals surface area contributed by atoms with Gasteiger partial charge in [0.15, 0.2) is 4.80 Å². The molecule has 2 aromatic heterocycles. The second-order valence-electron chi connectivity index (χ2n) is 11.2. The number of esters is 2. The summed E-state index contributed by atoms with van der Waals surface area (Å²) in [5, 5.41) is 4.94. The molecule has 0 spiro atoms. The normalized spacial score (nSPS) is 14.2. The lowest BCUT2D eigenvalue weighted by molar-refractivity contribution is -0.139. The summed E-state index contributed by atoms with van der Waals surface area (Å²) in [7, 11) is 1.31. The zero-order valence-electron chi connectivity index (χ0n) is 27.5. The summed E-state index contributed by atoms with van der Waals surface area (Å²) in [4.78, 5) is 45.0. The van der Waals surface area contributed by atoms with Crippen LogP contribution in [0.1, 0.15) is 46.9 Å². The molecule has 0 fully saturated rings. The molecular formula is C38H34N4O6S. The highest BCUT2D eigenvalue weighted by Gasteiger charge is 2.33. The van der Waals surface area contributed by atoms with Crippen molar-refractivity contribution < 1.29 is 23.8 Å². The maximum atomic E-state index is 14.4. The number of benzene rings is 3. The second-order valence-corrected chi connectivity index (χ2v) is 12.2. The number of methoxy groups -OCH3 is 1. The van der Waals surface area contributed by atoms with Gasteiger partial charge in [0.05, 0.1) is 46.8 Å². The molecule has 1 aliphatic heterocycles. The minimum atomic E-state index is -0.832. The predicted octanol–water partition coefficient (Wildman–Crippen LogP) is 5.31. The summed E-state index contributed by atoms with van der Waals surface area (Å²) in [6.07, 6.45) is 5.39. The zero-order chi connectivity index (χ0) is 34.7. The molecule has 3 aromatic carbocycles. The van der Waals surface area contributed by atoms with E-state index in [-0.39, 0.29) is 17.7 Å². The van der Waals surface area contributed by atoms with Crippen molar-refractivity contribution in [2.45, 2.75) is 26.8 Å². The van der Waals surface area contributed by atoms with Gasteiger partial charge in [-0.05, 0) is 80.4 Å². The molecule has 0 aliphatic carbocycles. The van der Waals surface area contributed by atoms with Crippen LogP contribution in [0.25, 0.3) is 23.0 Å². The Morgan fingerprint density at radius 1 is 1.02 bits per heavy atom. The Labute approximate surface area is 286 Å². The highest BCUT2D eigenvalue weighted by Crippen LogP contribution is 2.32. The molecule has 5 aromatic rings. The lowest BCUT2D eigenvalue weighted by Gasteiger charge is -2.24. The molecule has 0 N–H and O–H groups in total. The highest BCUT2D eigenvalue weighted by molar-refractivity contribution is 7.07. The summed E-state index contributed by atoms with van der Waals surface area (Å²) >= 11 is 1.22. The number of fused-ring (bicyclic) bond motifs is 1. The number of carbonyl (C=O) groups is 2. The first kappa shape index (κ1) is 33.1. The summed E-state index contributed by atoms with van der Waals surface area (Å²) in [5.74, 6) is -0.315. The van der Waals surface area contributed by atoms with E-state index in [0.29, 0.717) is 44.0 Å². The van der Waals surface area contributed by atoms with E-state index in [1.165, 1.54) is 23.0 Å². The quantitative estimate of drug-likeness (QED) is 0.146. The van der Waals surface area contributed by atoms with Gasteiger partial charge >= 0.3 is 11.9 Å². The third-order valence-corrected chi connectivity index (χ3v) is 9.00. The number of hydrogen-bond donors (Lipinski definition) is 0. The van der Waals surface area contributed by atoms with Crippen molar-refractivity contribution in [3.8, 4) is 22.7 Å². The van der Waals surface area contributed by atoms with Gasteiger partial charge < -0.3 is 14.2 Å². The number of aryl methyl sites for hydroxylation is 1. The van der Waals surface area contributed by atoms with Crippen molar-refractivity contribution in [2.24, 2.45) is 4.99 Å². The fraction of sp³-hybridized carbons (Fsp3) is 0.184. The van der Waals surface area contributed by atoms with Crippen LogP contribution in [0.4, 0.5) is 0 Å². The van der Waals surface area contributed by atoms with Crippen molar-refractivity contribution >= 4 is 29.4 Å². The highest BCUT2D eigenvalue weighted by atomic mass is 32.1. The molecule has 1 atom stereocenters. The van der Waals surface area contributed by atoms with Crippen LogP contribution in [0.2, 0.25) is 0 Å². The first-order valence-electron chi connectivity index (χ1n) is 15.6. The van der Waals surface area contributed by atoms with Crippen LogP contribution in [-0.4, -0.2) is 46.6 Å².